The molecule has 0 spiro atoms. The Morgan fingerprint density at radius 1 is 1.43 bits per heavy atom. The van der Waals surface area contributed by atoms with Gasteiger partial charge in [-0.1, -0.05) is 12.1 Å². The SMILES string of the molecule is Cc1cccc(OCCC(=O)N[C@H](C)c2nnc3n2CCC3)c1. The van der Waals surface area contributed by atoms with Crippen LogP contribution in [0.15, 0.2) is 24.3 Å². The van der Waals surface area contributed by atoms with Crippen molar-refractivity contribution >= 4 is 5.91 Å². The van der Waals surface area contributed by atoms with Gasteiger partial charge < -0.3 is 14.6 Å². The van der Waals surface area contributed by atoms with Crippen molar-refractivity contribution in [1.82, 2.24) is 20.1 Å². The van der Waals surface area contributed by atoms with E-state index in [0.29, 0.717) is 13.0 Å². The third-order valence-corrected chi connectivity index (χ3v) is 3.99. The number of rotatable bonds is 6. The molecule has 6 heteroatoms. The first kappa shape index (κ1) is 15.5. The monoisotopic (exact) mass is 314 g/mol. The fraction of sp³-hybridized carbons (Fsp3) is 0.471. The van der Waals surface area contributed by atoms with Crippen LogP contribution in [0.25, 0.3) is 0 Å². The average molecular weight is 314 g/mol. The Bertz CT molecular complexity index is 696. The van der Waals surface area contributed by atoms with E-state index in [2.05, 4.69) is 20.1 Å². The van der Waals surface area contributed by atoms with Gasteiger partial charge in [-0.2, -0.15) is 0 Å². The molecule has 2 heterocycles. The summed E-state index contributed by atoms with van der Waals surface area (Å²) in [6.45, 7) is 5.25. The molecule has 6 nitrogen and oxygen atoms in total. The van der Waals surface area contributed by atoms with Crippen molar-refractivity contribution in [1.29, 1.82) is 0 Å². The van der Waals surface area contributed by atoms with Crippen molar-refractivity contribution in [2.45, 2.75) is 45.7 Å². The fourth-order valence-corrected chi connectivity index (χ4v) is 2.84. The summed E-state index contributed by atoms with van der Waals surface area (Å²) in [6, 6.07) is 7.67. The summed E-state index contributed by atoms with van der Waals surface area (Å²) in [4.78, 5) is 12.1. The molecule has 1 atom stereocenters. The number of nitrogens with zero attached hydrogens (tertiary/aromatic N) is 3. The van der Waals surface area contributed by atoms with Crippen LogP contribution in [0, 0.1) is 6.92 Å². The van der Waals surface area contributed by atoms with Gasteiger partial charge in [0.25, 0.3) is 0 Å². The Labute approximate surface area is 135 Å². The number of aryl methyl sites for hydroxylation is 2. The van der Waals surface area contributed by atoms with Gasteiger partial charge in [0, 0.05) is 13.0 Å². The highest BCUT2D eigenvalue weighted by Crippen LogP contribution is 2.19. The second-order valence-electron chi connectivity index (χ2n) is 5.93. The first-order valence-electron chi connectivity index (χ1n) is 8.04. The first-order valence-corrected chi connectivity index (χ1v) is 8.04. The zero-order valence-corrected chi connectivity index (χ0v) is 13.6. The van der Waals surface area contributed by atoms with Crippen molar-refractivity contribution in [2.24, 2.45) is 0 Å². The molecule has 0 fully saturated rings. The van der Waals surface area contributed by atoms with Crippen molar-refractivity contribution in [3.63, 3.8) is 0 Å². The van der Waals surface area contributed by atoms with Gasteiger partial charge in [0.15, 0.2) is 5.82 Å². The minimum absolute atomic E-state index is 0.0412. The topological polar surface area (TPSA) is 69.0 Å². The number of nitrogens with one attached hydrogen (secondary N) is 1. The van der Waals surface area contributed by atoms with Crippen LogP contribution in [-0.2, 0) is 17.8 Å². The molecule has 0 saturated carbocycles. The minimum Gasteiger partial charge on any atom is -0.493 e. The summed E-state index contributed by atoms with van der Waals surface area (Å²) in [7, 11) is 0. The molecule has 2 aromatic rings. The van der Waals surface area contributed by atoms with Crippen molar-refractivity contribution in [3.05, 3.63) is 41.5 Å². The van der Waals surface area contributed by atoms with Crippen molar-refractivity contribution in [3.8, 4) is 5.75 Å². The number of hydrogen-bond acceptors (Lipinski definition) is 4. The molecule has 23 heavy (non-hydrogen) atoms. The highest BCUT2D eigenvalue weighted by atomic mass is 16.5. The molecule has 1 aliphatic rings. The standard InChI is InChI=1S/C17H22N4O2/c1-12-5-3-6-14(11-12)23-10-8-16(22)18-13(2)17-20-19-15-7-4-9-21(15)17/h3,5-6,11,13H,4,7-10H2,1-2H3,(H,18,22)/t13-/m1/s1. The fourth-order valence-electron chi connectivity index (χ4n) is 2.84. The zero-order valence-electron chi connectivity index (χ0n) is 13.6. The van der Waals surface area contributed by atoms with E-state index >= 15 is 0 Å². The van der Waals surface area contributed by atoms with Crippen molar-refractivity contribution < 1.29 is 9.53 Å². The third kappa shape index (κ3) is 3.70. The van der Waals surface area contributed by atoms with Gasteiger partial charge in [0.05, 0.1) is 19.1 Å². The lowest BCUT2D eigenvalue weighted by Gasteiger charge is -2.14. The Morgan fingerprint density at radius 2 is 2.30 bits per heavy atom. The normalized spacial score (nSPS) is 14.3. The van der Waals surface area contributed by atoms with Crippen LogP contribution in [-0.4, -0.2) is 27.3 Å². The quantitative estimate of drug-likeness (QED) is 0.887. The highest BCUT2D eigenvalue weighted by Gasteiger charge is 2.22. The largest absolute Gasteiger partial charge is 0.493 e. The summed E-state index contributed by atoms with van der Waals surface area (Å²) in [5, 5.41) is 11.3. The van der Waals surface area contributed by atoms with E-state index < -0.39 is 0 Å². The smallest absolute Gasteiger partial charge is 0.224 e. The van der Waals surface area contributed by atoms with E-state index in [1.807, 2.05) is 38.1 Å². The van der Waals surface area contributed by atoms with Gasteiger partial charge >= 0.3 is 0 Å². The lowest BCUT2D eigenvalue weighted by molar-refractivity contribution is -0.122. The highest BCUT2D eigenvalue weighted by molar-refractivity contribution is 5.76. The summed E-state index contributed by atoms with van der Waals surface area (Å²) >= 11 is 0. The number of fused-ring (bicyclic) bond motifs is 1. The van der Waals surface area contributed by atoms with Crippen LogP contribution in [0.3, 0.4) is 0 Å². The molecule has 1 aliphatic heterocycles. The van der Waals surface area contributed by atoms with Crippen LogP contribution in [0.2, 0.25) is 0 Å². The molecule has 0 saturated heterocycles. The number of ether oxygens (including phenoxy) is 1. The summed E-state index contributed by atoms with van der Waals surface area (Å²) in [5.41, 5.74) is 1.14. The number of amides is 1. The Balaban J connectivity index is 1.47. The maximum Gasteiger partial charge on any atom is 0.224 e. The zero-order chi connectivity index (χ0) is 16.2. The van der Waals surface area contributed by atoms with Gasteiger partial charge in [-0.25, -0.2) is 0 Å². The number of carbonyl (C=O) groups is 1. The van der Waals surface area contributed by atoms with Crippen molar-refractivity contribution in [2.75, 3.05) is 6.61 Å². The number of carbonyl (C=O) groups excluding carboxylic acids is 1. The van der Waals surface area contributed by atoms with Gasteiger partial charge in [-0.15, -0.1) is 10.2 Å². The average Bonchev–Trinajstić information content (AvgIpc) is 3.09. The molecule has 1 aromatic carbocycles. The molecule has 3 rings (SSSR count). The predicted molar refractivity (Wildman–Crippen MR) is 86.2 cm³/mol. The van der Waals surface area contributed by atoms with Gasteiger partial charge in [0.1, 0.15) is 11.6 Å². The molecular weight excluding hydrogens is 292 g/mol. The number of hydrogen-bond donors (Lipinski definition) is 1. The molecule has 0 radical (unpaired) electrons. The van der Waals surface area contributed by atoms with E-state index in [1.54, 1.807) is 0 Å². The second kappa shape index (κ2) is 6.81. The molecule has 1 amide bonds. The van der Waals surface area contributed by atoms with Crippen LogP contribution in [0.1, 0.15) is 43.0 Å². The summed E-state index contributed by atoms with van der Waals surface area (Å²) in [5.74, 6) is 2.61. The molecule has 0 unspecified atom stereocenters. The predicted octanol–water partition coefficient (Wildman–Crippen LogP) is 2.18. The third-order valence-electron chi connectivity index (χ3n) is 3.99. The summed E-state index contributed by atoms with van der Waals surface area (Å²) < 4.78 is 7.72. The maximum atomic E-state index is 12.1. The van der Waals surface area contributed by atoms with E-state index in [9.17, 15) is 4.79 Å². The molecule has 1 aromatic heterocycles. The lowest BCUT2D eigenvalue weighted by atomic mass is 10.2. The van der Waals surface area contributed by atoms with Crippen LogP contribution < -0.4 is 10.1 Å². The van der Waals surface area contributed by atoms with Crippen LogP contribution in [0.5, 0.6) is 5.75 Å². The Morgan fingerprint density at radius 3 is 3.13 bits per heavy atom. The molecular formula is C17H22N4O2. The molecule has 1 N–H and O–H groups in total. The Kier molecular flexibility index (Phi) is 4.60. The molecule has 0 aliphatic carbocycles. The van der Waals surface area contributed by atoms with E-state index in [1.165, 1.54) is 0 Å². The molecule has 122 valence electrons. The van der Waals surface area contributed by atoms with E-state index in [4.69, 9.17) is 4.74 Å². The van der Waals surface area contributed by atoms with Gasteiger partial charge in [0.2, 0.25) is 5.91 Å². The number of aromatic nitrogens is 3. The van der Waals surface area contributed by atoms with E-state index in [0.717, 1.165) is 42.3 Å². The van der Waals surface area contributed by atoms with Crippen LogP contribution in [0.4, 0.5) is 0 Å². The first-order chi connectivity index (χ1) is 11.1. The van der Waals surface area contributed by atoms with Gasteiger partial charge in [-0.05, 0) is 38.0 Å². The minimum atomic E-state index is -0.138. The van der Waals surface area contributed by atoms with Crippen LogP contribution >= 0.6 is 0 Å². The maximum absolute atomic E-state index is 12.1. The van der Waals surface area contributed by atoms with E-state index in [-0.39, 0.29) is 11.9 Å². The summed E-state index contributed by atoms with van der Waals surface area (Å²) in [6.07, 6.45) is 2.39. The van der Waals surface area contributed by atoms with Gasteiger partial charge in [-0.3, -0.25) is 4.79 Å². The lowest BCUT2D eigenvalue weighted by Crippen LogP contribution is -2.29. The second-order valence-corrected chi connectivity index (χ2v) is 5.93. The Hall–Kier alpha value is -2.37. The number of benzene rings is 1. The molecule has 0 bridgehead atoms.